The molecule has 1 N–H and O–H groups in total. The van der Waals surface area contributed by atoms with Gasteiger partial charge >= 0.3 is 0 Å². The average molecular weight is 262 g/mol. The molecule has 0 bridgehead atoms. The first-order valence-corrected chi connectivity index (χ1v) is 6.88. The van der Waals surface area contributed by atoms with Crippen molar-refractivity contribution in [2.24, 2.45) is 0 Å². The van der Waals surface area contributed by atoms with E-state index in [1.165, 1.54) is 10.4 Å². The molecule has 4 heteroatoms. The number of nitrogens with one attached hydrogen (secondary N) is 1. The summed E-state index contributed by atoms with van der Waals surface area (Å²) < 4.78 is 5.13. The molecular weight excluding hydrogens is 244 g/mol. The lowest BCUT2D eigenvalue weighted by atomic mass is 10.2. The average Bonchev–Trinajstić information content (AvgIpc) is 2.76. The van der Waals surface area contributed by atoms with Crippen molar-refractivity contribution in [2.75, 3.05) is 19.0 Å². The standard InChI is InChI=1S/C14H18N2OS/c1-11-14(18-10-16-11)6-7-15-13-5-3-4-12(8-13)9-17-2/h3-5,8,10,15H,6-7,9H2,1-2H3. The van der Waals surface area contributed by atoms with Crippen molar-refractivity contribution >= 4 is 17.0 Å². The number of benzene rings is 1. The summed E-state index contributed by atoms with van der Waals surface area (Å²) in [6.45, 7) is 3.65. The molecular formula is C14H18N2OS. The zero-order chi connectivity index (χ0) is 12.8. The minimum absolute atomic E-state index is 0.656. The molecule has 0 fully saturated rings. The van der Waals surface area contributed by atoms with Crippen molar-refractivity contribution in [3.63, 3.8) is 0 Å². The number of hydrogen-bond donors (Lipinski definition) is 1. The lowest BCUT2D eigenvalue weighted by molar-refractivity contribution is 0.185. The third-order valence-corrected chi connectivity index (χ3v) is 3.76. The number of anilines is 1. The van der Waals surface area contributed by atoms with Gasteiger partial charge in [-0.2, -0.15) is 0 Å². The van der Waals surface area contributed by atoms with Crippen LogP contribution in [0.2, 0.25) is 0 Å². The number of methoxy groups -OCH3 is 1. The topological polar surface area (TPSA) is 34.1 Å². The van der Waals surface area contributed by atoms with Gasteiger partial charge < -0.3 is 10.1 Å². The van der Waals surface area contributed by atoms with Gasteiger partial charge in [0.25, 0.3) is 0 Å². The van der Waals surface area contributed by atoms with Gasteiger partial charge in [-0.25, -0.2) is 4.98 Å². The summed E-state index contributed by atoms with van der Waals surface area (Å²) in [5, 5.41) is 3.43. The van der Waals surface area contributed by atoms with Crippen LogP contribution in [0, 0.1) is 6.92 Å². The summed E-state index contributed by atoms with van der Waals surface area (Å²) >= 11 is 1.72. The molecule has 0 saturated heterocycles. The Hall–Kier alpha value is -1.39. The molecule has 96 valence electrons. The SMILES string of the molecule is COCc1cccc(NCCc2scnc2C)c1. The number of aromatic nitrogens is 1. The quantitative estimate of drug-likeness (QED) is 0.867. The number of ether oxygens (including phenoxy) is 1. The van der Waals surface area contributed by atoms with Crippen molar-refractivity contribution in [2.45, 2.75) is 20.0 Å². The third-order valence-electron chi connectivity index (χ3n) is 2.76. The Morgan fingerprint density at radius 3 is 3.00 bits per heavy atom. The molecule has 1 aromatic heterocycles. The van der Waals surface area contributed by atoms with Gasteiger partial charge in [-0.15, -0.1) is 11.3 Å². The Kier molecular flexibility index (Phi) is 4.73. The molecule has 0 aliphatic carbocycles. The van der Waals surface area contributed by atoms with E-state index in [1.807, 2.05) is 5.51 Å². The summed E-state index contributed by atoms with van der Waals surface area (Å²) in [5.74, 6) is 0. The normalized spacial score (nSPS) is 10.6. The van der Waals surface area contributed by atoms with Gasteiger partial charge in [-0.1, -0.05) is 12.1 Å². The van der Waals surface area contributed by atoms with Crippen LogP contribution in [0.15, 0.2) is 29.8 Å². The van der Waals surface area contributed by atoms with Crippen LogP contribution in [-0.4, -0.2) is 18.6 Å². The Bertz CT molecular complexity index is 496. The van der Waals surface area contributed by atoms with E-state index in [9.17, 15) is 0 Å². The number of rotatable bonds is 6. The van der Waals surface area contributed by atoms with Crippen LogP contribution in [0.4, 0.5) is 5.69 Å². The minimum atomic E-state index is 0.656. The molecule has 1 aromatic carbocycles. The lowest BCUT2D eigenvalue weighted by Gasteiger charge is -2.07. The van der Waals surface area contributed by atoms with Gasteiger partial charge in [0.1, 0.15) is 0 Å². The second kappa shape index (κ2) is 6.52. The molecule has 0 unspecified atom stereocenters. The van der Waals surface area contributed by atoms with Crippen LogP contribution in [0.1, 0.15) is 16.1 Å². The maximum atomic E-state index is 5.13. The highest BCUT2D eigenvalue weighted by Crippen LogP contribution is 2.14. The predicted molar refractivity (Wildman–Crippen MR) is 76.2 cm³/mol. The van der Waals surface area contributed by atoms with E-state index >= 15 is 0 Å². The van der Waals surface area contributed by atoms with Gasteiger partial charge in [0, 0.05) is 30.6 Å². The van der Waals surface area contributed by atoms with Gasteiger partial charge in [0.2, 0.25) is 0 Å². The van der Waals surface area contributed by atoms with Crippen molar-refractivity contribution in [1.29, 1.82) is 0 Å². The zero-order valence-corrected chi connectivity index (χ0v) is 11.6. The molecule has 0 saturated carbocycles. The molecule has 0 amide bonds. The van der Waals surface area contributed by atoms with Crippen molar-refractivity contribution < 1.29 is 4.74 Å². The van der Waals surface area contributed by atoms with Gasteiger partial charge in [-0.05, 0) is 24.6 Å². The van der Waals surface area contributed by atoms with E-state index in [1.54, 1.807) is 18.4 Å². The van der Waals surface area contributed by atoms with Crippen molar-refractivity contribution in [3.05, 3.63) is 45.9 Å². The van der Waals surface area contributed by atoms with Gasteiger partial charge in [-0.3, -0.25) is 0 Å². The molecule has 0 aliphatic rings. The van der Waals surface area contributed by atoms with Crippen molar-refractivity contribution in [3.8, 4) is 0 Å². The Labute approximate surface area is 112 Å². The van der Waals surface area contributed by atoms with Crippen LogP contribution in [-0.2, 0) is 17.8 Å². The van der Waals surface area contributed by atoms with E-state index in [-0.39, 0.29) is 0 Å². The first-order valence-electron chi connectivity index (χ1n) is 6.00. The molecule has 0 spiro atoms. The molecule has 2 aromatic rings. The second-order valence-corrected chi connectivity index (χ2v) is 5.11. The highest BCUT2D eigenvalue weighted by molar-refractivity contribution is 7.09. The van der Waals surface area contributed by atoms with E-state index in [2.05, 4.69) is 41.5 Å². The number of nitrogens with zero attached hydrogens (tertiary/aromatic N) is 1. The van der Waals surface area contributed by atoms with Crippen LogP contribution < -0.4 is 5.32 Å². The molecule has 3 nitrogen and oxygen atoms in total. The highest BCUT2D eigenvalue weighted by atomic mass is 32.1. The Balaban J connectivity index is 1.86. The largest absolute Gasteiger partial charge is 0.385 e. The first-order chi connectivity index (χ1) is 8.79. The smallest absolute Gasteiger partial charge is 0.0797 e. The molecule has 2 rings (SSSR count). The molecule has 0 atom stereocenters. The molecule has 1 heterocycles. The predicted octanol–water partition coefficient (Wildman–Crippen LogP) is 3.25. The van der Waals surface area contributed by atoms with E-state index in [0.717, 1.165) is 24.3 Å². The third kappa shape index (κ3) is 3.55. The van der Waals surface area contributed by atoms with E-state index < -0.39 is 0 Å². The van der Waals surface area contributed by atoms with Crippen LogP contribution in [0.25, 0.3) is 0 Å². The molecule has 0 aliphatic heterocycles. The summed E-state index contributed by atoms with van der Waals surface area (Å²) in [4.78, 5) is 5.61. The first kappa shape index (κ1) is 13.1. The Morgan fingerprint density at radius 2 is 2.28 bits per heavy atom. The van der Waals surface area contributed by atoms with Crippen LogP contribution in [0.5, 0.6) is 0 Å². The fourth-order valence-corrected chi connectivity index (χ4v) is 2.61. The monoisotopic (exact) mass is 262 g/mol. The van der Waals surface area contributed by atoms with Gasteiger partial charge in [0.15, 0.2) is 0 Å². The lowest BCUT2D eigenvalue weighted by Crippen LogP contribution is -2.05. The fourth-order valence-electron chi connectivity index (χ4n) is 1.82. The summed E-state index contributed by atoms with van der Waals surface area (Å²) in [7, 11) is 1.71. The van der Waals surface area contributed by atoms with Crippen LogP contribution in [0.3, 0.4) is 0 Å². The summed E-state index contributed by atoms with van der Waals surface area (Å²) in [5.41, 5.74) is 5.39. The van der Waals surface area contributed by atoms with Crippen molar-refractivity contribution in [1.82, 2.24) is 4.98 Å². The van der Waals surface area contributed by atoms with E-state index in [4.69, 9.17) is 4.74 Å². The summed E-state index contributed by atoms with van der Waals surface area (Å²) in [6, 6.07) is 8.33. The fraction of sp³-hybridized carbons (Fsp3) is 0.357. The van der Waals surface area contributed by atoms with Gasteiger partial charge in [0.05, 0.1) is 17.8 Å². The Morgan fingerprint density at radius 1 is 1.39 bits per heavy atom. The summed E-state index contributed by atoms with van der Waals surface area (Å²) in [6.07, 6.45) is 1.02. The number of aryl methyl sites for hydroxylation is 1. The maximum Gasteiger partial charge on any atom is 0.0797 e. The molecule has 0 radical (unpaired) electrons. The van der Waals surface area contributed by atoms with E-state index in [0.29, 0.717) is 6.61 Å². The zero-order valence-electron chi connectivity index (χ0n) is 10.8. The second-order valence-electron chi connectivity index (χ2n) is 4.17. The molecule has 18 heavy (non-hydrogen) atoms. The van der Waals surface area contributed by atoms with Crippen LogP contribution >= 0.6 is 11.3 Å². The number of thiazole rings is 1. The maximum absolute atomic E-state index is 5.13. The highest BCUT2D eigenvalue weighted by Gasteiger charge is 2.01. The minimum Gasteiger partial charge on any atom is -0.385 e. The number of hydrogen-bond acceptors (Lipinski definition) is 4.